The number of alkyl halides is 2. The lowest BCUT2D eigenvalue weighted by atomic mass is 9.69. The third-order valence-corrected chi connectivity index (χ3v) is 4.04. The standard InChI is InChI=1S/C11H19F2N/c1-8-5-9(3-4-14(8)2)10-6-11(12,13)7-10/h8-10H,3-7H2,1-2H3/t8-,9-/m1/s1. The molecule has 0 unspecified atom stereocenters. The molecule has 1 heterocycles. The summed E-state index contributed by atoms with van der Waals surface area (Å²) in [7, 11) is 2.12. The molecule has 82 valence electrons. The molecule has 2 fully saturated rings. The molecule has 1 nitrogen and oxygen atoms in total. The van der Waals surface area contributed by atoms with Crippen LogP contribution in [0, 0.1) is 11.8 Å². The Morgan fingerprint density at radius 2 is 1.86 bits per heavy atom. The van der Waals surface area contributed by atoms with Gasteiger partial charge in [0.05, 0.1) is 0 Å². The van der Waals surface area contributed by atoms with Crippen molar-refractivity contribution in [3.05, 3.63) is 0 Å². The predicted molar refractivity (Wildman–Crippen MR) is 52.5 cm³/mol. The number of hydrogen-bond acceptors (Lipinski definition) is 1. The van der Waals surface area contributed by atoms with Gasteiger partial charge in [0.25, 0.3) is 0 Å². The van der Waals surface area contributed by atoms with Crippen LogP contribution in [-0.4, -0.2) is 30.5 Å². The maximum absolute atomic E-state index is 12.7. The van der Waals surface area contributed by atoms with E-state index in [1.165, 1.54) is 0 Å². The van der Waals surface area contributed by atoms with Crippen LogP contribution < -0.4 is 0 Å². The zero-order chi connectivity index (χ0) is 10.3. The van der Waals surface area contributed by atoms with Crippen molar-refractivity contribution in [3.63, 3.8) is 0 Å². The van der Waals surface area contributed by atoms with Gasteiger partial charge in [-0.3, -0.25) is 0 Å². The number of piperidine rings is 1. The second kappa shape index (κ2) is 3.44. The van der Waals surface area contributed by atoms with Crippen LogP contribution in [-0.2, 0) is 0 Å². The Bertz CT molecular complexity index is 209. The average Bonchev–Trinajstić information content (AvgIpc) is 2.06. The van der Waals surface area contributed by atoms with E-state index in [0.29, 0.717) is 17.9 Å². The molecule has 1 saturated carbocycles. The molecule has 0 aromatic rings. The summed E-state index contributed by atoms with van der Waals surface area (Å²) >= 11 is 0. The van der Waals surface area contributed by atoms with Crippen molar-refractivity contribution in [2.24, 2.45) is 11.8 Å². The van der Waals surface area contributed by atoms with E-state index in [0.717, 1.165) is 19.4 Å². The highest BCUT2D eigenvalue weighted by atomic mass is 19.3. The van der Waals surface area contributed by atoms with Gasteiger partial charge in [-0.2, -0.15) is 0 Å². The minimum atomic E-state index is -2.34. The van der Waals surface area contributed by atoms with Gasteiger partial charge < -0.3 is 4.90 Å². The van der Waals surface area contributed by atoms with Gasteiger partial charge in [-0.25, -0.2) is 8.78 Å². The van der Waals surface area contributed by atoms with Crippen molar-refractivity contribution in [2.75, 3.05) is 13.6 Å². The van der Waals surface area contributed by atoms with Crippen molar-refractivity contribution in [1.29, 1.82) is 0 Å². The Hall–Kier alpha value is -0.180. The molecular weight excluding hydrogens is 184 g/mol. The molecule has 14 heavy (non-hydrogen) atoms. The summed E-state index contributed by atoms with van der Waals surface area (Å²) in [5.74, 6) is -1.47. The summed E-state index contributed by atoms with van der Waals surface area (Å²) < 4.78 is 25.4. The Morgan fingerprint density at radius 1 is 1.21 bits per heavy atom. The van der Waals surface area contributed by atoms with Crippen molar-refractivity contribution >= 4 is 0 Å². The quantitative estimate of drug-likeness (QED) is 0.633. The maximum Gasteiger partial charge on any atom is 0.248 e. The molecule has 0 aromatic carbocycles. The molecule has 0 bridgehead atoms. The highest BCUT2D eigenvalue weighted by molar-refractivity contribution is 4.92. The molecule has 1 saturated heterocycles. The first-order valence-electron chi connectivity index (χ1n) is 5.56. The zero-order valence-electron chi connectivity index (χ0n) is 8.97. The molecule has 1 aliphatic heterocycles. The lowest BCUT2D eigenvalue weighted by molar-refractivity contribution is -0.132. The predicted octanol–water partition coefficient (Wildman–Crippen LogP) is 2.76. The van der Waals surface area contributed by atoms with E-state index in [-0.39, 0.29) is 12.8 Å². The number of hydrogen-bond donors (Lipinski definition) is 0. The second-order valence-corrected chi connectivity index (χ2v) is 5.14. The molecule has 0 radical (unpaired) electrons. The van der Waals surface area contributed by atoms with Crippen molar-refractivity contribution in [3.8, 4) is 0 Å². The summed E-state index contributed by atoms with van der Waals surface area (Å²) in [5.41, 5.74) is 0. The van der Waals surface area contributed by atoms with Crippen molar-refractivity contribution in [1.82, 2.24) is 4.90 Å². The number of nitrogens with zero attached hydrogens (tertiary/aromatic N) is 1. The van der Waals surface area contributed by atoms with Gasteiger partial charge in [0, 0.05) is 18.9 Å². The summed E-state index contributed by atoms with van der Waals surface area (Å²) in [6.07, 6.45) is 2.51. The van der Waals surface area contributed by atoms with Crippen LogP contribution in [0.2, 0.25) is 0 Å². The van der Waals surface area contributed by atoms with E-state index in [9.17, 15) is 8.78 Å². The summed E-state index contributed by atoms with van der Waals surface area (Å²) in [5, 5.41) is 0. The van der Waals surface area contributed by atoms with E-state index in [2.05, 4.69) is 18.9 Å². The first kappa shape index (κ1) is 10.3. The fourth-order valence-electron chi connectivity index (χ4n) is 2.79. The highest BCUT2D eigenvalue weighted by Crippen LogP contribution is 2.49. The molecular formula is C11H19F2N. The molecule has 2 aliphatic rings. The van der Waals surface area contributed by atoms with Crippen LogP contribution in [0.3, 0.4) is 0 Å². The van der Waals surface area contributed by atoms with Crippen LogP contribution in [0.1, 0.15) is 32.6 Å². The lowest BCUT2D eigenvalue weighted by Gasteiger charge is -2.45. The zero-order valence-corrected chi connectivity index (χ0v) is 8.97. The van der Waals surface area contributed by atoms with Crippen LogP contribution >= 0.6 is 0 Å². The first-order chi connectivity index (χ1) is 6.48. The molecule has 3 heteroatoms. The summed E-state index contributed by atoms with van der Waals surface area (Å²) in [4.78, 5) is 2.33. The van der Waals surface area contributed by atoms with E-state index >= 15 is 0 Å². The largest absolute Gasteiger partial charge is 0.304 e. The van der Waals surface area contributed by atoms with Crippen LogP contribution in [0.15, 0.2) is 0 Å². The molecule has 0 N–H and O–H groups in total. The lowest BCUT2D eigenvalue weighted by Crippen LogP contribution is -2.46. The minimum absolute atomic E-state index is 0.147. The molecule has 1 aliphatic carbocycles. The first-order valence-corrected chi connectivity index (χ1v) is 5.56. The molecule has 2 atom stereocenters. The fourth-order valence-corrected chi connectivity index (χ4v) is 2.79. The van der Waals surface area contributed by atoms with Gasteiger partial charge in [-0.05, 0) is 45.2 Å². The smallest absolute Gasteiger partial charge is 0.248 e. The Morgan fingerprint density at radius 3 is 2.36 bits per heavy atom. The van der Waals surface area contributed by atoms with E-state index in [1.54, 1.807) is 0 Å². The van der Waals surface area contributed by atoms with Gasteiger partial charge in [-0.1, -0.05) is 0 Å². The Kier molecular flexibility index (Phi) is 2.54. The van der Waals surface area contributed by atoms with Crippen molar-refractivity contribution < 1.29 is 8.78 Å². The summed E-state index contributed by atoms with van der Waals surface area (Å²) in [6.45, 7) is 3.27. The summed E-state index contributed by atoms with van der Waals surface area (Å²) in [6, 6.07) is 0.572. The highest BCUT2D eigenvalue weighted by Gasteiger charge is 2.48. The van der Waals surface area contributed by atoms with Gasteiger partial charge >= 0.3 is 0 Å². The van der Waals surface area contributed by atoms with Gasteiger partial charge in [-0.15, -0.1) is 0 Å². The third kappa shape index (κ3) is 1.92. The molecule has 0 aromatic heterocycles. The third-order valence-electron chi connectivity index (χ3n) is 4.04. The minimum Gasteiger partial charge on any atom is -0.304 e. The van der Waals surface area contributed by atoms with E-state index in [1.807, 2.05) is 0 Å². The normalized spacial score (nSPS) is 39.4. The van der Waals surface area contributed by atoms with Gasteiger partial charge in [0.15, 0.2) is 0 Å². The second-order valence-electron chi connectivity index (χ2n) is 5.14. The average molecular weight is 203 g/mol. The van der Waals surface area contributed by atoms with Crippen LogP contribution in [0.4, 0.5) is 8.78 Å². The SMILES string of the molecule is C[C@@H]1C[C@H](C2CC(F)(F)C2)CCN1C. The maximum atomic E-state index is 12.7. The van der Waals surface area contributed by atoms with E-state index in [4.69, 9.17) is 0 Å². The Labute approximate surface area is 84.5 Å². The Balaban J connectivity index is 1.83. The topological polar surface area (TPSA) is 3.24 Å². The monoisotopic (exact) mass is 203 g/mol. The van der Waals surface area contributed by atoms with Crippen LogP contribution in [0.25, 0.3) is 0 Å². The van der Waals surface area contributed by atoms with Gasteiger partial charge in [0.2, 0.25) is 5.92 Å². The van der Waals surface area contributed by atoms with Gasteiger partial charge in [0.1, 0.15) is 0 Å². The number of likely N-dealkylation sites (tertiary alicyclic amines) is 1. The van der Waals surface area contributed by atoms with Crippen molar-refractivity contribution in [2.45, 2.75) is 44.6 Å². The number of rotatable bonds is 1. The number of halogens is 2. The van der Waals surface area contributed by atoms with E-state index < -0.39 is 5.92 Å². The van der Waals surface area contributed by atoms with Crippen LogP contribution in [0.5, 0.6) is 0 Å². The fraction of sp³-hybridized carbons (Fsp3) is 1.00. The molecule has 0 amide bonds. The molecule has 0 spiro atoms. The molecule has 2 rings (SSSR count).